The maximum Gasteiger partial charge on any atom is 0.223 e. The minimum absolute atomic E-state index is 0. The minimum atomic E-state index is 0. The normalized spacial score (nSPS) is 29.0. The quantitative estimate of drug-likeness (QED) is 0.797. The van der Waals surface area contributed by atoms with E-state index in [0.29, 0.717) is 36.4 Å². The van der Waals surface area contributed by atoms with Crippen LogP contribution in [0.2, 0.25) is 5.02 Å². The Labute approximate surface area is 161 Å². The van der Waals surface area contributed by atoms with Gasteiger partial charge in [-0.2, -0.15) is 0 Å². The second-order valence-electron chi connectivity index (χ2n) is 7.91. The van der Waals surface area contributed by atoms with Gasteiger partial charge in [-0.15, -0.1) is 12.4 Å². The maximum absolute atomic E-state index is 13.1. The number of carbonyl (C=O) groups excluding carboxylic acids is 1. The van der Waals surface area contributed by atoms with E-state index in [0.717, 1.165) is 23.4 Å². The number of benzene rings is 1. The van der Waals surface area contributed by atoms with Crippen molar-refractivity contribution in [2.24, 2.45) is 5.92 Å². The molecule has 0 spiro atoms. The number of nitrogens with zero attached hydrogens (tertiary/aromatic N) is 1. The predicted molar refractivity (Wildman–Crippen MR) is 104 cm³/mol. The lowest BCUT2D eigenvalue weighted by atomic mass is 9.89. The molecule has 2 saturated heterocycles. The van der Waals surface area contributed by atoms with Crippen LogP contribution in [0, 0.1) is 5.92 Å². The van der Waals surface area contributed by atoms with E-state index in [2.05, 4.69) is 23.2 Å². The van der Waals surface area contributed by atoms with Crippen LogP contribution in [0.4, 0.5) is 0 Å². The number of amides is 1. The number of hydrogen-bond acceptors (Lipinski definition) is 2. The summed E-state index contributed by atoms with van der Waals surface area (Å²) in [4.78, 5) is 15.2. The summed E-state index contributed by atoms with van der Waals surface area (Å²) in [6.45, 7) is 2.13. The number of rotatable bonds is 5. The van der Waals surface area contributed by atoms with Gasteiger partial charge < -0.3 is 10.2 Å². The Hall–Kier alpha value is -0.770. The summed E-state index contributed by atoms with van der Waals surface area (Å²) in [5.74, 6) is 0.882. The van der Waals surface area contributed by atoms with Gasteiger partial charge >= 0.3 is 0 Å². The Morgan fingerprint density at radius 2 is 1.84 bits per heavy atom. The number of nitrogens with one attached hydrogen (secondary N) is 1. The summed E-state index contributed by atoms with van der Waals surface area (Å²) >= 11 is 6.39. The molecule has 1 amide bonds. The van der Waals surface area contributed by atoms with Crippen molar-refractivity contribution in [3.05, 3.63) is 34.9 Å². The maximum atomic E-state index is 13.1. The lowest BCUT2D eigenvalue weighted by molar-refractivity contribution is -0.135. The molecule has 0 radical (unpaired) electrons. The first-order valence-corrected chi connectivity index (χ1v) is 9.81. The highest BCUT2D eigenvalue weighted by atomic mass is 35.5. The van der Waals surface area contributed by atoms with E-state index in [4.69, 9.17) is 11.6 Å². The van der Waals surface area contributed by atoms with Crippen LogP contribution in [-0.4, -0.2) is 28.9 Å². The Kier molecular flexibility index (Phi) is 5.97. The molecule has 3 aliphatic rings. The third-order valence-corrected chi connectivity index (χ3v) is 6.38. The van der Waals surface area contributed by atoms with Crippen molar-refractivity contribution in [1.29, 1.82) is 0 Å². The molecule has 3 atom stereocenters. The highest BCUT2D eigenvalue weighted by Gasteiger charge is 2.39. The van der Waals surface area contributed by atoms with Crippen LogP contribution in [0.25, 0.3) is 0 Å². The third kappa shape index (κ3) is 4.15. The van der Waals surface area contributed by atoms with Crippen LogP contribution < -0.4 is 5.32 Å². The zero-order valence-corrected chi connectivity index (χ0v) is 16.4. The van der Waals surface area contributed by atoms with Crippen molar-refractivity contribution in [3.8, 4) is 0 Å². The number of hydrogen-bond donors (Lipinski definition) is 1. The van der Waals surface area contributed by atoms with E-state index in [1.165, 1.54) is 25.7 Å². The van der Waals surface area contributed by atoms with Crippen molar-refractivity contribution in [2.75, 3.05) is 0 Å². The smallest absolute Gasteiger partial charge is 0.223 e. The zero-order valence-electron chi connectivity index (χ0n) is 14.8. The summed E-state index contributed by atoms with van der Waals surface area (Å²) in [5, 5.41) is 4.44. The first-order chi connectivity index (χ1) is 11.6. The summed E-state index contributed by atoms with van der Waals surface area (Å²) in [6, 6.07) is 9.73. The molecule has 3 fully saturated rings. The molecule has 2 aliphatic heterocycles. The molecule has 3 unspecified atom stereocenters. The van der Waals surface area contributed by atoms with E-state index in [9.17, 15) is 4.79 Å². The van der Waals surface area contributed by atoms with E-state index in [1.54, 1.807) is 0 Å². The van der Waals surface area contributed by atoms with E-state index >= 15 is 0 Å². The van der Waals surface area contributed by atoms with Crippen molar-refractivity contribution in [2.45, 2.75) is 76.0 Å². The molecular weight excluding hydrogens is 355 g/mol. The molecule has 0 aromatic heterocycles. The second-order valence-corrected chi connectivity index (χ2v) is 8.32. The van der Waals surface area contributed by atoms with Gasteiger partial charge in [0.2, 0.25) is 5.91 Å². The van der Waals surface area contributed by atoms with Gasteiger partial charge in [0.05, 0.1) is 6.04 Å². The van der Waals surface area contributed by atoms with Crippen molar-refractivity contribution in [1.82, 2.24) is 10.2 Å². The molecular formula is C20H28Cl2N2O. The lowest BCUT2D eigenvalue weighted by Gasteiger charge is -2.34. The first-order valence-electron chi connectivity index (χ1n) is 9.43. The zero-order chi connectivity index (χ0) is 16.7. The lowest BCUT2D eigenvalue weighted by Crippen LogP contribution is -2.41. The van der Waals surface area contributed by atoms with Crippen molar-refractivity contribution >= 4 is 29.9 Å². The number of carbonyl (C=O) groups is 1. The van der Waals surface area contributed by atoms with Gasteiger partial charge in [-0.3, -0.25) is 4.79 Å². The predicted octanol–water partition coefficient (Wildman–Crippen LogP) is 4.73. The van der Waals surface area contributed by atoms with Crippen LogP contribution in [0.3, 0.4) is 0 Å². The molecule has 138 valence electrons. The number of piperidine rings is 1. The molecule has 1 N–H and O–H groups in total. The number of fused-ring (bicyclic) bond motifs is 2. The van der Waals surface area contributed by atoms with E-state index in [1.807, 2.05) is 18.2 Å². The molecule has 3 nitrogen and oxygen atoms in total. The molecule has 25 heavy (non-hydrogen) atoms. The SMILES string of the molecule is CC(c1ccccc1Cl)N(C(=O)CC1CC2CCC(C1)N2)C1CC1.Cl. The van der Waals surface area contributed by atoms with Crippen LogP contribution in [-0.2, 0) is 4.79 Å². The highest BCUT2D eigenvalue weighted by Crippen LogP contribution is 2.39. The van der Waals surface area contributed by atoms with Crippen molar-refractivity contribution in [3.63, 3.8) is 0 Å². The van der Waals surface area contributed by atoms with E-state index in [-0.39, 0.29) is 18.4 Å². The van der Waals surface area contributed by atoms with Crippen LogP contribution in [0.1, 0.15) is 63.5 Å². The largest absolute Gasteiger partial charge is 0.333 e. The van der Waals surface area contributed by atoms with Gasteiger partial charge in [0.1, 0.15) is 0 Å². The van der Waals surface area contributed by atoms with Gasteiger partial charge in [0.25, 0.3) is 0 Å². The molecule has 2 heterocycles. The van der Waals surface area contributed by atoms with Crippen molar-refractivity contribution < 1.29 is 4.79 Å². The summed E-state index contributed by atoms with van der Waals surface area (Å²) < 4.78 is 0. The molecule has 4 rings (SSSR count). The number of halogens is 2. The fourth-order valence-electron chi connectivity index (χ4n) is 4.75. The van der Waals surface area contributed by atoms with E-state index < -0.39 is 0 Å². The summed E-state index contributed by atoms with van der Waals surface area (Å²) in [6.07, 6.45) is 7.90. The fourth-order valence-corrected chi connectivity index (χ4v) is 5.04. The Bertz CT molecular complexity index is 607. The fraction of sp³-hybridized carbons (Fsp3) is 0.650. The molecule has 5 heteroatoms. The summed E-state index contributed by atoms with van der Waals surface area (Å²) in [5.41, 5.74) is 1.07. The second kappa shape index (κ2) is 7.85. The Morgan fingerprint density at radius 1 is 1.20 bits per heavy atom. The van der Waals surface area contributed by atoms with Gasteiger partial charge in [-0.05, 0) is 63.0 Å². The first kappa shape index (κ1) is 19.0. The minimum Gasteiger partial charge on any atom is -0.333 e. The monoisotopic (exact) mass is 382 g/mol. The van der Waals surface area contributed by atoms with Gasteiger partial charge in [-0.1, -0.05) is 29.8 Å². The summed E-state index contributed by atoms with van der Waals surface area (Å²) in [7, 11) is 0. The van der Waals surface area contributed by atoms with Crippen LogP contribution in [0.15, 0.2) is 24.3 Å². The molecule has 1 saturated carbocycles. The van der Waals surface area contributed by atoms with Gasteiger partial charge in [0, 0.05) is 29.6 Å². The highest BCUT2D eigenvalue weighted by molar-refractivity contribution is 6.31. The molecule has 2 bridgehead atoms. The molecule has 1 aromatic rings. The standard InChI is InChI=1S/C20H27ClN2O.ClH/c1-13(18-4-2-3-5-19(18)21)23(17-8-9-17)20(24)12-14-10-15-6-7-16(11-14)22-15;/h2-5,13-17,22H,6-12H2,1H3;1H. The average Bonchev–Trinajstić information content (AvgIpc) is 3.32. The molecule has 1 aliphatic carbocycles. The van der Waals surface area contributed by atoms with Gasteiger partial charge in [0.15, 0.2) is 0 Å². The Balaban J connectivity index is 0.00000182. The van der Waals surface area contributed by atoms with Gasteiger partial charge in [-0.25, -0.2) is 0 Å². The molecule has 1 aromatic carbocycles. The average molecular weight is 383 g/mol. The van der Waals surface area contributed by atoms with Crippen LogP contribution >= 0.6 is 24.0 Å². The van der Waals surface area contributed by atoms with Crippen LogP contribution in [0.5, 0.6) is 0 Å². The third-order valence-electron chi connectivity index (χ3n) is 6.03. The topological polar surface area (TPSA) is 32.3 Å². The Morgan fingerprint density at radius 3 is 2.44 bits per heavy atom.